The van der Waals surface area contributed by atoms with Crippen molar-refractivity contribution in [2.24, 2.45) is 0 Å². The summed E-state index contributed by atoms with van der Waals surface area (Å²) in [7, 11) is 1.67. The quantitative estimate of drug-likeness (QED) is 0.806. The minimum Gasteiger partial charge on any atom is -0.493 e. The second kappa shape index (κ2) is 8.00. The Hall–Kier alpha value is -1.59. The van der Waals surface area contributed by atoms with Crippen molar-refractivity contribution in [1.82, 2.24) is 10.3 Å². The molecule has 0 saturated carbocycles. The first-order valence-electron chi connectivity index (χ1n) is 7.15. The zero-order valence-corrected chi connectivity index (χ0v) is 13.6. The summed E-state index contributed by atoms with van der Waals surface area (Å²) in [6.07, 6.45) is 1.12. The number of hydrogen-bond donors (Lipinski definition) is 1. The lowest BCUT2D eigenvalue weighted by Gasteiger charge is -2.16. The summed E-state index contributed by atoms with van der Waals surface area (Å²) in [6, 6.07) is 6.37. The standard InChI is InChI=1S/C16H22N2O2S/c1-4-7-17-12(2)13-5-6-15(16(8-13)19-3)20-9-14-10-21-11-18-14/h5-6,8,10-12,17H,4,7,9H2,1-3H3. The fourth-order valence-electron chi connectivity index (χ4n) is 2.01. The SMILES string of the molecule is CCCNC(C)c1ccc(OCc2cscn2)c(OC)c1. The third-order valence-electron chi connectivity index (χ3n) is 3.25. The molecule has 1 atom stereocenters. The molecule has 21 heavy (non-hydrogen) atoms. The van der Waals surface area contributed by atoms with Gasteiger partial charge in [-0.3, -0.25) is 0 Å². The van der Waals surface area contributed by atoms with E-state index in [0.717, 1.165) is 30.2 Å². The maximum absolute atomic E-state index is 5.79. The van der Waals surface area contributed by atoms with Gasteiger partial charge in [0.15, 0.2) is 11.5 Å². The van der Waals surface area contributed by atoms with Crippen molar-refractivity contribution in [2.45, 2.75) is 32.9 Å². The largest absolute Gasteiger partial charge is 0.493 e. The Kier molecular flexibility index (Phi) is 6.02. The molecule has 0 radical (unpaired) electrons. The zero-order chi connectivity index (χ0) is 15.1. The van der Waals surface area contributed by atoms with E-state index in [9.17, 15) is 0 Å². The number of nitrogens with zero attached hydrogens (tertiary/aromatic N) is 1. The summed E-state index contributed by atoms with van der Waals surface area (Å²) < 4.78 is 11.2. The topological polar surface area (TPSA) is 43.4 Å². The van der Waals surface area contributed by atoms with Gasteiger partial charge in [-0.15, -0.1) is 11.3 Å². The van der Waals surface area contributed by atoms with Gasteiger partial charge in [-0.1, -0.05) is 13.0 Å². The average molecular weight is 306 g/mol. The number of hydrogen-bond acceptors (Lipinski definition) is 5. The van der Waals surface area contributed by atoms with Crippen molar-refractivity contribution >= 4 is 11.3 Å². The Morgan fingerprint density at radius 3 is 2.86 bits per heavy atom. The first-order chi connectivity index (χ1) is 10.2. The molecule has 1 aromatic heterocycles. The van der Waals surface area contributed by atoms with Gasteiger partial charge in [0, 0.05) is 11.4 Å². The molecule has 4 nitrogen and oxygen atoms in total. The van der Waals surface area contributed by atoms with E-state index in [-0.39, 0.29) is 0 Å². The molecule has 114 valence electrons. The first kappa shape index (κ1) is 15.8. The highest BCUT2D eigenvalue weighted by Crippen LogP contribution is 2.30. The smallest absolute Gasteiger partial charge is 0.161 e. The van der Waals surface area contributed by atoms with Crippen LogP contribution in [-0.2, 0) is 6.61 Å². The Balaban J connectivity index is 2.05. The summed E-state index contributed by atoms with van der Waals surface area (Å²) in [5.74, 6) is 1.50. The second-order valence-corrected chi connectivity index (χ2v) is 5.57. The molecule has 0 amide bonds. The van der Waals surface area contributed by atoms with Crippen LogP contribution in [0.25, 0.3) is 0 Å². The molecule has 1 aromatic carbocycles. The summed E-state index contributed by atoms with van der Waals surface area (Å²) in [5, 5.41) is 5.45. The predicted molar refractivity (Wildman–Crippen MR) is 86.1 cm³/mol. The van der Waals surface area contributed by atoms with Crippen LogP contribution in [-0.4, -0.2) is 18.6 Å². The van der Waals surface area contributed by atoms with Gasteiger partial charge in [-0.25, -0.2) is 4.98 Å². The summed E-state index contributed by atoms with van der Waals surface area (Å²) >= 11 is 1.57. The molecular formula is C16H22N2O2S. The molecule has 0 spiro atoms. The molecule has 0 fully saturated rings. The summed E-state index contributed by atoms with van der Waals surface area (Å²) in [5.41, 5.74) is 3.94. The molecular weight excluding hydrogens is 284 g/mol. The van der Waals surface area contributed by atoms with E-state index in [1.165, 1.54) is 5.56 Å². The lowest BCUT2D eigenvalue weighted by Crippen LogP contribution is -2.19. The minimum absolute atomic E-state index is 0.298. The van der Waals surface area contributed by atoms with Crippen LogP contribution in [0.15, 0.2) is 29.1 Å². The van der Waals surface area contributed by atoms with Gasteiger partial charge in [0.05, 0.1) is 18.3 Å². The number of rotatable bonds is 8. The van der Waals surface area contributed by atoms with Crippen LogP contribution in [0.5, 0.6) is 11.5 Å². The Bertz CT molecular complexity index is 543. The highest BCUT2D eigenvalue weighted by molar-refractivity contribution is 7.07. The molecule has 2 aromatic rings. The van der Waals surface area contributed by atoms with Gasteiger partial charge in [0.25, 0.3) is 0 Å². The Morgan fingerprint density at radius 2 is 2.19 bits per heavy atom. The molecule has 1 N–H and O–H groups in total. The van der Waals surface area contributed by atoms with Crippen LogP contribution in [0.4, 0.5) is 0 Å². The number of thiazole rings is 1. The molecule has 0 bridgehead atoms. The summed E-state index contributed by atoms with van der Waals surface area (Å²) in [4.78, 5) is 4.21. The first-order valence-corrected chi connectivity index (χ1v) is 8.10. The summed E-state index contributed by atoms with van der Waals surface area (Å²) in [6.45, 7) is 5.78. The van der Waals surface area contributed by atoms with Crippen LogP contribution in [0, 0.1) is 0 Å². The van der Waals surface area contributed by atoms with E-state index in [1.54, 1.807) is 24.0 Å². The van der Waals surface area contributed by atoms with Gasteiger partial charge in [0.2, 0.25) is 0 Å². The Labute approximate surface area is 130 Å². The fraction of sp³-hybridized carbons (Fsp3) is 0.438. The number of aromatic nitrogens is 1. The molecule has 2 rings (SSSR count). The van der Waals surface area contributed by atoms with Gasteiger partial charge in [-0.05, 0) is 37.6 Å². The fourth-order valence-corrected chi connectivity index (χ4v) is 2.56. The van der Waals surface area contributed by atoms with Crippen molar-refractivity contribution in [3.8, 4) is 11.5 Å². The number of benzene rings is 1. The lowest BCUT2D eigenvalue weighted by atomic mass is 10.1. The average Bonchev–Trinajstić information content (AvgIpc) is 3.03. The van der Waals surface area contributed by atoms with Crippen molar-refractivity contribution in [3.63, 3.8) is 0 Å². The van der Waals surface area contributed by atoms with Gasteiger partial charge in [-0.2, -0.15) is 0 Å². The van der Waals surface area contributed by atoms with Crippen LogP contribution >= 0.6 is 11.3 Å². The van der Waals surface area contributed by atoms with Crippen molar-refractivity contribution in [2.75, 3.05) is 13.7 Å². The molecule has 1 unspecified atom stereocenters. The third kappa shape index (κ3) is 4.44. The second-order valence-electron chi connectivity index (χ2n) is 4.85. The highest BCUT2D eigenvalue weighted by Gasteiger charge is 2.10. The predicted octanol–water partition coefficient (Wildman–Crippen LogP) is 3.79. The molecule has 0 aliphatic heterocycles. The molecule has 0 aliphatic rings. The van der Waals surface area contributed by atoms with E-state index < -0.39 is 0 Å². The van der Waals surface area contributed by atoms with Crippen LogP contribution < -0.4 is 14.8 Å². The number of nitrogens with one attached hydrogen (secondary N) is 1. The minimum atomic E-state index is 0.298. The third-order valence-corrected chi connectivity index (χ3v) is 3.88. The number of ether oxygens (including phenoxy) is 2. The van der Waals surface area contributed by atoms with Gasteiger partial charge in [0.1, 0.15) is 6.61 Å². The van der Waals surface area contributed by atoms with Crippen molar-refractivity contribution in [1.29, 1.82) is 0 Å². The molecule has 1 heterocycles. The van der Waals surface area contributed by atoms with Gasteiger partial charge < -0.3 is 14.8 Å². The van der Waals surface area contributed by atoms with E-state index in [4.69, 9.17) is 9.47 Å². The monoisotopic (exact) mass is 306 g/mol. The molecule has 0 aliphatic carbocycles. The lowest BCUT2D eigenvalue weighted by molar-refractivity contribution is 0.281. The van der Waals surface area contributed by atoms with Crippen molar-refractivity contribution < 1.29 is 9.47 Å². The van der Waals surface area contributed by atoms with Crippen molar-refractivity contribution in [3.05, 3.63) is 40.3 Å². The van der Waals surface area contributed by atoms with Crippen LogP contribution in [0.3, 0.4) is 0 Å². The van der Waals surface area contributed by atoms with Crippen LogP contribution in [0.2, 0.25) is 0 Å². The van der Waals surface area contributed by atoms with E-state index in [0.29, 0.717) is 12.6 Å². The normalized spacial score (nSPS) is 12.1. The van der Waals surface area contributed by atoms with Gasteiger partial charge >= 0.3 is 0 Å². The zero-order valence-electron chi connectivity index (χ0n) is 12.8. The highest BCUT2D eigenvalue weighted by atomic mass is 32.1. The van der Waals surface area contributed by atoms with E-state index >= 15 is 0 Å². The van der Waals surface area contributed by atoms with Crippen LogP contribution in [0.1, 0.15) is 37.6 Å². The van der Waals surface area contributed by atoms with E-state index in [2.05, 4.69) is 30.2 Å². The Morgan fingerprint density at radius 1 is 1.33 bits per heavy atom. The maximum Gasteiger partial charge on any atom is 0.161 e. The maximum atomic E-state index is 5.79. The molecule has 0 saturated heterocycles. The number of methoxy groups -OCH3 is 1. The van der Waals surface area contributed by atoms with E-state index in [1.807, 2.05) is 17.5 Å². The molecule has 5 heteroatoms.